The highest BCUT2D eigenvalue weighted by Gasteiger charge is 2.11. The van der Waals surface area contributed by atoms with E-state index in [0.717, 1.165) is 20.1 Å². The molecule has 1 aromatic carbocycles. The number of carboxylic acids is 1. The van der Waals surface area contributed by atoms with Gasteiger partial charge in [0.25, 0.3) is 0 Å². The third-order valence-corrected chi connectivity index (χ3v) is 3.99. The van der Waals surface area contributed by atoms with Crippen LogP contribution in [0.2, 0.25) is 0 Å². The summed E-state index contributed by atoms with van der Waals surface area (Å²) in [6.45, 7) is 0. The zero-order chi connectivity index (χ0) is 12.3. The minimum atomic E-state index is -0.794. The predicted molar refractivity (Wildman–Crippen MR) is 71.2 cm³/mol. The van der Waals surface area contributed by atoms with Gasteiger partial charge < -0.3 is 5.11 Å². The van der Waals surface area contributed by atoms with Gasteiger partial charge in [0.15, 0.2) is 0 Å². The molecule has 0 unspecified atom stereocenters. The highest BCUT2D eigenvalue weighted by atomic mass is 79.9. The molecule has 0 aliphatic heterocycles. The summed E-state index contributed by atoms with van der Waals surface area (Å²) in [5.74, 6) is -0.794. The van der Waals surface area contributed by atoms with E-state index < -0.39 is 5.97 Å². The van der Waals surface area contributed by atoms with Gasteiger partial charge >= 0.3 is 5.97 Å². The Morgan fingerprint density at radius 1 is 1.35 bits per heavy atom. The van der Waals surface area contributed by atoms with Crippen molar-refractivity contribution in [1.82, 2.24) is 4.98 Å². The number of aromatic nitrogens is 1. The lowest BCUT2D eigenvalue weighted by molar-refractivity contribution is -0.136. The fourth-order valence-electron chi connectivity index (χ4n) is 1.44. The van der Waals surface area contributed by atoms with Gasteiger partial charge in [-0.05, 0) is 15.9 Å². The Morgan fingerprint density at radius 2 is 2.06 bits per heavy atom. The number of carboxylic acid groups (broad SMARTS) is 1. The van der Waals surface area contributed by atoms with Crippen LogP contribution < -0.4 is 0 Å². The topological polar surface area (TPSA) is 50.2 Å². The molecule has 0 bridgehead atoms. The second-order valence-corrected chi connectivity index (χ2v) is 5.89. The summed E-state index contributed by atoms with van der Waals surface area (Å²) in [5, 5.41) is 9.48. The summed E-state index contributed by atoms with van der Waals surface area (Å²) in [6.07, 6.45) is 0.597. The number of hydrogen-bond acceptors (Lipinski definition) is 3. The summed E-state index contributed by atoms with van der Waals surface area (Å²) in [4.78, 5) is 15.0. The van der Waals surface area contributed by atoms with Crippen molar-refractivity contribution < 1.29 is 9.90 Å². The first-order valence-corrected chi connectivity index (χ1v) is 6.70. The summed E-state index contributed by atoms with van der Waals surface area (Å²) in [5.41, 5.74) is 1.92. The van der Waals surface area contributed by atoms with E-state index in [4.69, 9.17) is 5.11 Å². The maximum absolute atomic E-state index is 10.5. The van der Waals surface area contributed by atoms with Crippen LogP contribution in [-0.2, 0) is 11.2 Å². The Labute approximate surface area is 111 Å². The lowest BCUT2D eigenvalue weighted by Crippen LogP contribution is -1.96. The second kappa shape index (κ2) is 5.42. The number of aliphatic carboxylic acids is 1. The van der Waals surface area contributed by atoms with Gasteiger partial charge in [-0.25, -0.2) is 4.98 Å². The van der Waals surface area contributed by atoms with E-state index in [1.807, 2.05) is 30.3 Å². The summed E-state index contributed by atoms with van der Waals surface area (Å²) in [6, 6.07) is 9.84. The number of halogens is 1. The van der Waals surface area contributed by atoms with Gasteiger partial charge in [-0.3, -0.25) is 4.79 Å². The van der Waals surface area contributed by atoms with Gasteiger partial charge in [-0.15, -0.1) is 11.3 Å². The second-order valence-electron chi connectivity index (χ2n) is 3.49. The van der Waals surface area contributed by atoms with Crippen LogP contribution in [0.1, 0.15) is 11.4 Å². The van der Waals surface area contributed by atoms with Crippen molar-refractivity contribution in [3.05, 3.63) is 39.1 Å². The molecular formula is C12H10BrNO2S. The Hall–Kier alpha value is -1.20. The number of nitrogens with zero attached hydrogens (tertiary/aromatic N) is 1. The number of benzene rings is 1. The molecule has 88 valence electrons. The van der Waals surface area contributed by atoms with Crippen molar-refractivity contribution in [2.24, 2.45) is 0 Å². The van der Waals surface area contributed by atoms with Gasteiger partial charge in [0.05, 0.1) is 20.9 Å². The van der Waals surface area contributed by atoms with E-state index in [1.165, 1.54) is 11.3 Å². The molecule has 0 fully saturated rings. The van der Waals surface area contributed by atoms with Crippen LogP contribution in [0.3, 0.4) is 0 Å². The molecule has 1 heterocycles. The zero-order valence-electron chi connectivity index (χ0n) is 8.89. The minimum absolute atomic E-state index is 0.119. The van der Waals surface area contributed by atoms with Gasteiger partial charge in [0.2, 0.25) is 0 Å². The van der Waals surface area contributed by atoms with E-state index in [9.17, 15) is 4.79 Å². The van der Waals surface area contributed by atoms with Crippen LogP contribution in [0.15, 0.2) is 34.1 Å². The van der Waals surface area contributed by atoms with Crippen molar-refractivity contribution in [1.29, 1.82) is 0 Å². The van der Waals surface area contributed by atoms with Crippen LogP contribution in [0.5, 0.6) is 0 Å². The number of thiazole rings is 1. The molecule has 5 heteroatoms. The van der Waals surface area contributed by atoms with Crippen molar-refractivity contribution in [2.75, 3.05) is 0 Å². The molecule has 0 radical (unpaired) electrons. The first-order valence-electron chi connectivity index (χ1n) is 5.09. The molecule has 1 aromatic heterocycles. The number of rotatable bonds is 4. The summed E-state index contributed by atoms with van der Waals surface area (Å²) >= 11 is 4.96. The highest BCUT2D eigenvalue weighted by Crippen LogP contribution is 2.33. The summed E-state index contributed by atoms with van der Waals surface area (Å²) < 4.78 is 0.948. The maximum Gasteiger partial charge on any atom is 0.303 e. The van der Waals surface area contributed by atoms with Crippen LogP contribution in [0, 0.1) is 0 Å². The summed E-state index contributed by atoms with van der Waals surface area (Å²) in [7, 11) is 0. The molecule has 1 N–H and O–H groups in total. The monoisotopic (exact) mass is 311 g/mol. The van der Waals surface area contributed by atoms with E-state index in [0.29, 0.717) is 6.42 Å². The zero-order valence-corrected chi connectivity index (χ0v) is 11.3. The first kappa shape index (κ1) is 12.3. The minimum Gasteiger partial charge on any atom is -0.481 e. The third kappa shape index (κ3) is 3.14. The smallest absolute Gasteiger partial charge is 0.303 e. The quantitative estimate of drug-likeness (QED) is 0.938. The number of aryl methyl sites for hydroxylation is 1. The normalized spacial score (nSPS) is 10.4. The molecule has 0 saturated carbocycles. The van der Waals surface area contributed by atoms with E-state index in [2.05, 4.69) is 20.9 Å². The number of carbonyl (C=O) groups is 1. The fourth-order valence-corrected chi connectivity index (χ4v) is 3.12. The molecule has 0 aliphatic rings. The average Bonchev–Trinajstić information content (AvgIpc) is 2.69. The lowest BCUT2D eigenvalue weighted by atomic mass is 10.2. The molecule has 0 amide bonds. The molecule has 2 rings (SSSR count). The number of hydrogen-bond donors (Lipinski definition) is 1. The molecule has 17 heavy (non-hydrogen) atoms. The average molecular weight is 312 g/mol. The van der Waals surface area contributed by atoms with E-state index >= 15 is 0 Å². The van der Waals surface area contributed by atoms with Crippen molar-refractivity contribution in [3.63, 3.8) is 0 Å². The van der Waals surface area contributed by atoms with Gasteiger partial charge in [-0.2, -0.15) is 0 Å². The SMILES string of the molecule is O=C(O)CCc1nc(-c2ccccc2)c(Br)s1. The third-order valence-electron chi connectivity index (χ3n) is 2.23. The van der Waals surface area contributed by atoms with Crippen molar-refractivity contribution in [2.45, 2.75) is 12.8 Å². The van der Waals surface area contributed by atoms with Crippen LogP contribution in [0.25, 0.3) is 11.3 Å². The Morgan fingerprint density at radius 3 is 2.71 bits per heavy atom. The van der Waals surface area contributed by atoms with Gasteiger partial charge in [-0.1, -0.05) is 30.3 Å². The Bertz CT molecular complexity index is 525. The van der Waals surface area contributed by atoms with E-state index in [1.54, 1.807) is 0 Å². The Kier molecular flexibility index (Phi) is 3.91. The molecule has 2 aromatic rings. The molecule has 0 saturated heterocycles. The molecule has 0 spiro atoms. The molecule has 0 aliphatic carbocycles. The van der Waals surface area contributed by atoms with Crippen LogP contribution in [-0.4, -0.2) is 16.1 Å². The predicted octanol–water partition coefficient (Wildman–Crippen LogP) is 3.59. The van der Waals surface area contributed by atoms with Crippen molar-refractivity contribution >= 4 is 33.2 Å². The maximum atomic E-state index is 10.5. The fraction of sp³-hybridized carbons (Fsp3) is 0.167. The van der Waals surface area contributed by atoms with Crippen LogP contribution in [0.4, 0.5) is 0 Å². The van der Waals surface area contributed by atoms with Gasteiger partial charge in [0, 0.05) is 12.0 Å². The molecular weight excluding hydrogens is 302 g/mol. The largest absolute Gasteiger partial charge is 0.481 e. The van der Waals surface area contributed by atoms with E-state index in [-0.39, 0.29) is 6.42 Å². The van der Waals surface area contributed by atoms with Crippen molar-refractivity contribution in [3.8, 4) is 11.3 Å². The lowest BCUT2D eigenvalue weighted by Gasteiger charge is -1.95. The van der Waals surface area contributed by atoms with Gasteiger partial charge in [0.1, 0.15) is 0 Å². The molecule has 0 atom stereocenters. The Balaban J connectivity index is 2.22. The molecule has 3 nitrogen and oxygen atoms in total. The standard InChI is InChI=1S/C12H10BrNO2S/c13-12-11(8-4-2-1-3-5-8)14-9(17-12)6-7-10(15)16/h1-5H,6-7H2,(H,15,16). The highest BCUT2D eigenvalue weighted by molar-refractivity contribution is 9.11. The van der Waals surface area contributed by atoms with Crippen LogP contribution >= 0.6 is 27.3 Å². The first-order chi connectivity index (χ1) is 8.16.